The van der Waals surface area contributed by atoms with Gasteiger partial charge in [0.2, 0.25) is 5.91 Å². The molecule has 3 rings (SSSR count). The molecule has 8 heteroatoms. The Morgan fingerprint density at radius 1 is 1.30 bits per heavy atom. The summed E-state index contributed by atoms with van der Waals surface area (Å²) in [7, 11) is 0. The van der Waals surface area contributed by atoms with Gasteiger partial charge in [-0.2, -0.15) is 5.10 Å². The maximum atomic E-state index is 13.5. The van der Waals surface area contributed by atoms with E-state index in [1.54, 1.807) is 19.1 Å². The van der Waals surface area contributed by atoms with Crippen LogP contribution in [-0.4, -0.2) is 28.1 Å². The van der Waals surface area contributed by atoms with Crippen molar-refractivity contribution in [2.45, 2.75) is 33.2 Å². The van der Waals surface area contributed by atoms with Gasteiger partial charge in [0.15, 0.2) is 0 Å². The lowest BCUT2D eigenvalue weighted by Gasteiger charge is -2.19. The summed E-state index contributed by atoms with van der Waals surface area (Å²) in [4.78, 5) is 25.9. The molecule has 3 N–H and O–H groups in total. The topological polar surface area (TPSA) is 86.9 Å². The van der Waals surface area contributed by atoms with E-state index in [1.807, 2.05) is 13.8 Å². The second-order valence-corrected chi connectivity index (χ2v) is 7.86. The van der Waals surface area contributed by atoms with Gasteiger partial charge in [-0.15, -0.1) is 11.3 Å². The summed E-state index contributed by atoms with van der Waals surface area (Å²) in [5.74, 6) is -0.311. The van der Waals surface area contributed by atoms with Crippen LogP contribution in [0.5, 0.6) is 0 Å². The van der Waals surface area contributed by atoms with E-state index in [9.17, 15) is 14.0 Å². The molecule has 3 aromatic rings. The number of halogens is 1. The highest BCUT2D eigenvalue weighted by molar-refractivity contribution is 7.21. The summed E-state index contributed by atoms with van der Waals surface area (Å²) in [5.41, 5.74) is 0.712. The Labute approximate surface area is 160 Å². The largest absolute Gasteiger partial charge is 0.340 e. The van der Waals surface area contributed by atoms with Crippen molar-refractivity contribution in [3.05, 3.63) is 46.7 Å². The van der Waals surface area contributed by atoms with Gasteiger partial charge in [-0.3, -0.25) is 14.7 Å². The van der Waals surface area contributed by atoms with Crippen LogP contribution in [0.2, 0.25) is 0 Å². The smallest absolute Gasteiger partial charge is 0.262 e. The lowest BCUT2D eigenvalue weighted by Crippen LogP contribution is -2.44. The first-order valence-corrected chi connectivity index (χ1v) is 9.46. The van der Waals surface area contributed by atoms with Gasteiger partial charge in [-0.1, -0.05) is 13.8 Å². The number of rotatable bonds is 6. The zero-order chi connectivity index (χ0) is 19.6. The van der Waals surface area contributed by atoms with Crippen molar-refractivity contribution in [1.82, 2.24) is 15.5 Å². The minimum atomic E-state index is -0.692. The summed E-state index contributed by atoms with van der Waals surface area (Å²) in [6, 6.07) is 5.41. The van der Waals surface area contributed by atoms with Crippen LogP contribution in [-0.2, 0) is 4.79 Å². The molecule has 0 saturated carbocycles. The van der Waals surface area contributed by atoms with Gasteiger partial charge in [0.05, 0.1) is 11.1 Å². The number of carbonyl (C=O) groups excluding carboxylic acids is 2. The molecule has 0 aliphatic heterocycles. The van der Waals surface area contributed by atoms with Crippen LogP contribution in [0, 0.1) is 18.7 Å². The van der Waals surface area contributed by atoms with E-state index >= 15 is 0 Å². The molecule has 27 heavy (non-hydrogen) atoms. The van der Waals surface area contributed by atoms with E-state index < -0.39 is 6.04 Å². The summed E-state index contributed by atoms with van der Waals surface area (Å²) in [6.45, 7) is 5.75. The number of aromatic nitrogens is 2. The van der Waals surface area contributed by atoms with E-state index in [1.165, 1.54) is 29.7 Å². The molecular weight excluding hydrogens is 367 g/mol. The highest BCUT2D eigenvalue weighted by Crippen LogP contribution is 2.31. The van der Waals surface area contributed by atoms with Crippen LogP contribution in [0.15, 0.2) is 30.5 Å². The van der Waals surface area contributed by atoms with Gasteiger partial charge in [0, 0.05) is 10.8 Å². The van der Waals surface area contributed by atoms with Crippen LogP contribution in [0.1, 0.15) is 35.5 Å². The molecule has 1 aromatic carbocycles. The third-order valence-electron chi connectivity index (χ3n) is 4.19. The van der Waals surface area contributed by atoms with E-state index in [0.717, 1.165) is 4.70 Å². The van der Waals surface area contributed by atoms with Gasteiger partial charge in [0.25, 0.3) is 5.91 Å². The Hall–Kier alpha value is -2.74. The second kappa shape index (κ2) is 7.87. The quantitative estimate of drug-likeness (QED) is 0.599. The van der Waals surface area contributed by atoms with Crippen molar-refractivity contribution in [2.75, 3.05) is 5.32 Å². The average Bonchev–Trinajstić information content (AvgIpc) is 3.22. The molecule has 0 aliphatic rings. The van der Waals surface area contributed by atoms with Crippen molar-refractivity contribution in [2.24, 2.45) is 5.92 Å². The molecule has 1 unspecified atom stereocenters. The Morgan fingerprint density at radius 3 is 2.74 bits per heavy atom. The first-order chi connectivity index (χ1) is 12.8. The monoisotopic (exact) mass is 388 g/mol. The average molecular weight is 388 g/mol. The molecule has 0 radical (unpaired) electrons. The second-order valence-electron chi connectivity index (χ2n) is 6.81. The molecule has 0 spiro atoms. The van der Waals surface area contributed by atoms with Crippen molar-refractivity contribution in [3.63, 3.8) is 0 Å². The number of fused-ring (bicyclic) bond motifs is 1. The molecule has 1 atom stereocenters. The zero-order valence-corrected chi connectivity index (χ0v) is 16.1. The van der Waals surface area contributed by atoms with Crippen LogP contribution in [0.4, 0.5) is 10.2 Å². The fourth-order valence-electron chi connectivity index (χ4n) is 2.88. The van der Waals surface area contributed by atoms with Crippen LogP contribution < -0.4 is 10.6 Å². The number of anilines is 1. The molecule has 142 valence electrons. The molecule has 0 saturated heterocycles. The van der Waals surface area contributed by atoms with Crippen molar-refractivity contribution in [1.29, 1.82) is 0 Å². The van der Waals surface area contributed by atoms with E-state index in [0.29, 0.717) is 28.1 Å². The molecule has 0 fully saturated rings. The SMILES string of the molecule is Cc1c(C(=O)NC(CC(C)C)C(=O)Nc2ccn[nH]2)sc2ccc(F)cc12. The molecular formula is C19H21FN4O2S. The summed E-state index contributed by atoms with van der Waals surface area (Å²) in [6.07, 6.45) is 2.02. The third kappa shape index (κ3) is 4.33. The molecule has 0 aliphatic carbocycles. The van der Waals surface area contributed by atoms with E-state index in [2.05, 4.69) is 20.8 Å². The van der Waals surface area contributed by atoms with Crippen molar-refractivity contribution < 1.29 is 14.0 Å². The number of aryl methyl sites for hydroxylation is 1. The van der Waals surface area contributed by atoms with Gasteiger partial charge in [0.1, 0.15) is 17.7 Å². The number of aromatic amines is 1. The summed E-state index contributed by atoms with van der Waals surface area (Å²) in [5, 5.41) is 12.7. The number of thiophene rings is 1. The Morgan fingerprint density at radius 2 is 2.07 bits per heavy atom. The fourth-order valence-corrected chi connectivity index (χ4v) is 3.97. The number of carbonyl (C=O) groups is 2. The normalized spacial score (nSPS) is 12.3. The Bertz CT molecular complexity index is 966. The molecule has 0 bridgehead atoms. The zero-order valence-electron chi connectivity index (χ0n) is 15.3. The summed E-state index contributed by atoms with van der Waals surface area (Å²) >= 11 is 1.29. The number of benzene rings is 1. The van der Waals surface area contributed by atoms with E-state index in [4.69, 9.17) is 0 Å². The van der Waals surface area contributed by atoms with Gasteiger partial charge < -0.3 is 10.6 Å². The molecule has 2 amide bonds. The summed E-state index contributed by atoms with van der Waals surface area (Å²) < 4.78 is 14.3. The molecule has 6 nitrogen and oxygen atoms in total. The van der Waals surface area contributed by atoms with Gasteiger partial charge in [-0.25, -0.2) is 4.39 Å². The van der Waals surface area contributed by atoms with Crippen molar-refractivity contribution >= 4 is 39.1 Å². The van der Waals surface area contributed by atoms with E-state index in [-0.39, 0.29) is 23.5 Å². The highest BCUT2D eigenvalue weighted by Gasteiger charge is 2.25. The van der Waals surface area contributed by atoms with Crippen LogP contribution in [0.25, 0.3) is 10.1 Å². The number of hydrogen-bond donors (Lipinski definition) is 3. The first kappa shape index (κ1) is 19.0. The molecule has 2 aromatic heterocycles. The predicted molar refractivity (Wildman–Crippen MR) is 104 cm³/mol. The number of nitrogens with one attached hydrogen (secondary N) is 3. The standard InChI is InChI=1S/C19H21FN4O2S/c1-10(2)8-14(18(25)23-16-6-7-21-24-16)22-19(26)17-11(3)13-9-12(20)4-5-15(13)27-17/h4-7,9-10,14H,8H2,1-3H3,(H,22,26)(H2,21,23,24,25). The maximum absolute atomic E-state index is 13.5. The predicted octanol–water partition coefficient (Wildman–Crippen LogP) is 3.86. The van der Waals surface area contributed by atoms with Crippen LogP contribution >= 0.6 is 11.3 Å². The lowest BCUT2D eigenvalue weighted by atomic mass is 10.0. The molecule has 2 heterocycles. The Kier molecular flexibility index (Phi) is 5.55. The highest BCUT2D eigenvalue weighted by atomic mass is 32.1. The fraction of sp³-hybridized carbons (Fsp3) is 0.316. The number of nitrogens with zero attached hydrogens (tertiary/aromatic N) is 1. The number of amides is 2. The number of hydrogen-bond acceptors (Lipinski definition) is 4. The van der Waals surface area contributed by atoms with Crippen LogP contribution in [0.3, 0.4) is 0 Å². The minimum Gasteiger partial charge on any atom is -0.340 e. The minimum absolute atomic E-state index is 0.209. The Balaban J connectivity index is 1.81. The van der Waals surface area contributed by atoms with Gasteiger partial charge in [-0.05, 0) is 48.4 Å². The first-order valence-electron chi connectivity index (χ1n) is 8.65. The lowest BCUT2D eigenvalue weighted by molar-refractivity contribution is -0.118. The number of H-pyrrole nitrogens is 1. The van der Waals surface area contributed by atoms with Crippen molar-refractivity contribution in [3.8, 4) is 0 Å². The maximum Gasteiger partial charge on any atom is 0.262 e. The van der Waals surface area contributed by atoms with Gasteiger partial charge >= 0.3 is 0 Å². The third-order valence-corrected chi connectivity index (χ3v) is 5.46.